The number of fused-ring (bicyclic) bond motifs is 6. The van der Waals surface area contributed by atoms with Crippen molar-refractivity contribution < 1.29 is 18.9 Å². The van der Waals surface area contributed by atoms with Crippen LogP contribution in [0.2, 0.25) is 0 Å². The zero-order chi connectivity index (χ0) is 31.9. The Kier molecular flexibility index (Phi) is 7.48. The highest BCUT2D eigenvalue weighted by Gasteiger charge is 2.42. The van der Waals surface area contributed by atoms with Gasteiger partial charge >= 0.3 is 0 Å². The van der Waals surface area contributed by atoms with Gasteiger partial charge in [-0.1, -0.05) is 109 Å². The van der Waals surface area contributed by atoms with Gasteiger partial charge in [0.05, 0.1) is 12.8 Å². The first-order chi connectivity index (χ1) is 23.7. The lowest BCUT2D eigenvalue weighted by molar-refractivity contribution is 0.192. The Balaban J connectivity index is 0.000000131. The summed E-state index contributed by atoms with van der Waals surface area (Å²) in [7, 11) is 0. The third-order valence-corrected chi connectivity index (χ3v) is 9.82. The summed E-state index contributed by atoms with van der Waals surface area (Å²) in [6.45, 7) is 1.18. The molecule has 4 aromatic rings. The summed E-state index contributed by atoms with van der Waals surface area (Å²) >= 11 is 0. The summed E-state index contributed by atoms with van der Waals surface area (Å²) in [5.41, 5.74) is 7.70. The molecule has 8 heteroatoms. The van der Waals surface area contributed by atoms with E-state index in [1.807, 2.05) is 36.4 Å². The minimum atomic E-state index is 0.0816. The van der Waals surface area contributed by atoms with E-state index in [0.717, 1.165) is 24.6 Å². The normalized spacial score (nSPS) is 26.9. The lowest BCUT2D eigenvalue weighted by Crippen LogP contribution is -2.17. The van der Waals surface area contributed by atoms with Crippen LogP contribution in [-0.4, -0.2) is 49.0 Å². The van der Waals surface area contributed by atoms with Crippen molar-refractivity contribution in [1.82, 2.24) is 0 Å². The van der Waals surface area contributed by atoms with Crippen LogP contribution in [0.15, 0.2) is 129 Å². The molecule has 10 rings (SSSR count). The Hall–Kier alpha value is -5.24. The van der Waals surface area contributed by atoms with Crippen molar-refractivity contribution in [2.45, 2.75) is 62.1 Å². The molecule has 0 spiro atoms. The van der Waals surface area contributed by atoms with Gasteiger partial charge in [0.15, 0.2) is 23.6 Å². The van der Waals surface area contributed by atoms with Crippen molar-refractivity contribution in [3.8, 4) is 0 Å². The Labute approximate surface area is 279 Å². The molecule has 6 aliphatic rings. The molecule has 8 nitrogen and oxygen atoms in total. The van der Waals surface area contributed by atoms with Crippen molar-refractivity contribution in [3.05, 3.63) is 143 Å². The van der Waals surface area contributed by atoms with Gasteiger partial charge in [-0.25, -0.2) is 20.0 Å². The van der Waals surface area contributed by atoms with Gasteiger partial charge in [0, 0.05) is 12.8 Å². The standard InChI is InChI=1S/C21H18N2O2.C19H18N2O2/c1-3-7-14-12(5-1)9-16-20(14)22-18(24-16)11-19-23-21-15-8-4-2-6-13(15)10-17(21)25-19;1-3-7-14(8-4-1)16-12-22-18(20-16)11-19-21-17(13-23-19)15-9-5-2-6-10-15/h1-8,16-17,20-21H,9-11H2;1-10,16-17H,11-13H2/t16-,17-,20+,21+;16-,17-/m11/s1. The highest BCUT2D eigenvalue weighted by molar-refractivity contribution is 5.99. The van der Waals surface area contributed by atoms with Crippen molar-refractivity contribution in [3.63, 3.8) is 0 Å². The summed E-state index contributed by atoms with van der Waals surface area (Å²) in [5, 5.41) is 0. The van der Waals surface area contributed by atoms with Crippen LogP contribution in [0, 0.1) is 0 Å². The summed E-state index contributed by atoms with van der Waals surface area (Å²) in [6.07, 6.45) is 3.29. The highest BCUT2D eigenvalue weighted by atomic mass is 16.5. The van der Waals surface area contributed by atoms with Crippen LogP contribution < -0.4 is 0 Å². The zero-order valence-electron chi connectivity index (χ0n) is 26.5. The SMILES string of the molecule is c1ccc([C@H]2COC(CC3=N[C@@H](c4ccccc4)CO3)=N2)cc1.c1ccc2c(c1)C[C@H]1OC(CC3=N[C@H]4c5ccccc5C[C@H]4O3)=N[C@@H]21. The molecular formula is C40H36N4O4. The van der Waals surface area contributed by atoms with E-state index in [2.05, 4.69) is 82.8 Å². The highest BCUT2D eigenvalue weighted by Crippen LogP contribution is 2.43. The first-order valence-electron chi connectivity index (χ1n) is 16.8. The number of ether oxygens (including phenoxy) is 4. The number of hydrogen-bond donors (Lipinski definition) is 0. The average molecular weight is 637 g/mol. The molecule has 48 heavy (non-hydrogen) atoms. The summed E-state index contributed by atoms with van der Waals surface area (Å²) in [5.74, 6) is 2.98. The molecule has 0 radical (unpaired) electrons. The number of aliphatic imine (C=N–C) groups is 4. The van der Waals surface area contributed by atoms with Crippen molar-refractivity contribution >= 4 is 23.6 Å². The van der Waals surface area contributed by atoms with E-state index in [4.69, 9.17) is 28.9 Å². The van der Waals surface area contributed by atoms with E-state index < -0.39 is 0 Å². The Morgan fingerprint density at radius 3 is 1.35 bits per heavy atom. The molecule has 0 amide bonds. The van der Waals surface area contributed by atoms with E-state index in [9.17, 15) is 0 Å². The van der Waals surface area contributed by atoms with Crippen LogP contribution in [0.25, 0.3) is 0 Å². The Morgan fingerprint density at radius 1 is 0.458 bits per heavy atom. The molecule has 4 aliphatic heterocycles. The lowest BCUT2D eigenvalue weighted by Gasteiger charge is -2.10. The molecule has 2 aliphatic carbocycles. The van der Waals surface area contributed by atoms with Crippen LogP contribution in [0.5, 0.6) is 0 Å². The van der Waals surface area contributed by atoms with Gasteiger partial charge in [-0.2, -0.15) is 0 Å². The van der Waals surface area contributed by atoms with Gasteiger partial charge < -0.3 is 18.9 Å². The van der Waals surface area contributed by atoms with Gasteiger partial charge in [-0.3, -0.25) is 0 Å². The van der Waals surface area contributed by atoms with Gasteiger partial charge in [-0.05, 0) is 33.4 Å². The fraction of sp³-hybridized carbons (Fsp3) is 0.300. The molecule has 0 bridgehead atoms. The number of benzene rings is 4. The fourth-order valence-electron chi connectivity index (χ4n) is 7.48. The minimum absolute atomic E-state index is 0.0816. The molecule has 0 unspecified atom stereocenters. The lowest BCUT2D eigenvalue weighted by atomic mass is 10.1. The van der Waals surface area contributed by atoms with Gasteiger partial charge in [-0.15, -0.1) is 0 Å². The molecule has 4 heterocycles. The predicted octanol–water partition coefficient (Wildman–Crippen LogP) is 7.28. The molecule has 240 valence electrons. The van der Waals surface area contributed by atoms with Crippen molar-refractivity contribution in [1.29, 1.82) is 0 Å². The molecule has 0 saturated carbocycles. The number of nitrogens with zero attached hydrogens (tertiary/aromatic N) is 4. The first-order valence-corrected chi connectivity index (χ1v) is 16.8. The van der Waals surface area contributed by atoms with Gasteiger partial charge in [0.25, 0.3) is 0 Å². The van der Waals surface area contributed by atoms with E-state index in [1.165, 1.54) is 33.4 Å². The molecule has 6 atom stereocenters. The Morgan fingerprint density at radius 2 is 0.875 bits per heavy atom. The average Bonchev–Trinajstić information content (AvgIpc) is 3.98. The van der Waals surface area contributed by atoms with Gasteiger partial charge in [0.1, 0.15) is 49.6 Å². The molecule has 0 N–H and O–H groups in total. The van der Waals surface area contributed by atoms with Crippen molar-refractivity contribution in [2.75, 3.05) is 13.2 Å². The van der Waals surface area contributed by atoms with Crippen LogP contribution in [-0.2, 0) is 31.8 Å². The second kappa shape index (κ2) is 12.4. The molecular weight excluding hydrogens is 600 g/mol. The van der Waals surface area contributed by atoms with Gasteiger partial charge in [0.2, 0.25) is 0 Å². The maximum absolute atomic E-state index is 6.11. The van der Waals surface area contributed by atoms with Crippen LogP contribution in [0.1, 0.15) is 70.4 Å². The maximum atomic E-state index is 6.11. The quantitative estimate of drug-likeness (QED) is 0.223. The largest absolute Gasteiger partial charge is 0.478 e. The van der Waals surface area contributed by atoms with E-state index in [0.29, 0.717) is 37.9 Å². The van der Waals surface area contributed by atoms with E-state index >= 15 is 0 Å². The molecule has 4 aromatic carbocycles. The monoisotopic (exact) mass is 636 g/mol. The molecule has 0 saturated heterocycles. The molecule has 0 aromatic heterocycles. The third-order valence-electron chi connectivity index (χ3n) is 9.82. The van der Waals surface area contributed by atoms with E-state index in [1.54, 1.807) is 0 Å². The third kappa shape index (κ3) is 5.65. The number of hydrogen-bond acceptors (Lipinski definition) is 8. The number of rotatable bonds is 6. The van der Waals surface area contributed by atoms with Crippen LogP contribution in [0.4, 0.5) is 0 Å². The summed E-state index contributed by atoms with van der Waals surface area (Å²) < 4.78 is 23.6. The second-order valence-electron chi connectivity index (χ2n) is 12.9. The smallest absolute Gasteiger partial charge is 0.193 e. The predicted molar refractivity (Wildman–Crippen MR) is 185 cm³/mol. The zero-order valence-corrected chi connectivity index (χ0v) is 26.5. The summed E-state index contributed by atoms with van der Waals surface area (Å²) in [4.78, 5) is 19.0. The fourth-order valence-corrected chi connectivity index (χ4v) is 7.48. The minimum Gasteiger partial charge on any atom is -0.478 e. The van der Waals surface area contributed by atoms with Crippen LogP contribution >= 0.6 is 0 Å². The maximum Gasteiger partial charge on any atom is 0.193 e. The van der Waals surface area contributed by atoms with Crippen LogP contribution in [0.3, 0.4) is 0 Å². The first kappa shape index (κ1) is 28.9. The van der Waals surface area contributed by atoms with E-state index in [-0.39, 0.29) is 36.4 Å². The topological polar surface area (TPSA) is 86.4 Å². The molecule has 0 fully saturated rings. The second-order valence-corrected chi connectivity index (χ2v) is 12.9. The Bertz CT molecular complexity index is 1800. The van der Waals surface area contributed by atoms with Crippen molar-refractivity contribution in [2.24, 2.45) is 20.0 Å². The summed E-state index contributed by atoms with van der Waals surface area (Å²) in [6, 6.07) is 37.9.